The van der Waals surface area contributed by atoms with Crippen LogP contribution in [-0.2, 0) is 6.61 Å². The van der Waals surface area contributed by atoms with Gasteiger partial charge in [-0.2, -0.15) is 5.10 Å². The summed E-state index contributed by atoms with van der Waals surface area (Å²) in [6, 6.07) is 18.7. The van der Waals surface area contributed by atoms with E-state index in [1.54, 1.807) is 31.6 Å². The highest BCUT2D eigenvalue weighted by molar-refractivity contribution is 6.01. The van der Waals surface area contributed by atoms with Gasteiger partial charge in [0.15, 0.2) is 11.5 Å². The minimum atomic E-state index is -0.295. The van der Waals surface area contributed by atoms with Crippen LogP contribution in [0.25, 0.3) is 0 Å². The first-order chi connectivity index (χ1) is 13.7. The van der Waals surface area contributed by atoms with E-state index < -0.39 is 0 Å². The van der Waals surface area contributed by atoms with Crippen LogP contribution in [0.3, 0.4) is 0 Å². The molecule has 28 heavy (non-hydrogen) atoms. The second kappa shape index (κ2) is 9.32. The molecule has 0 fully saturated rings. The van der Waals surface area contributed by atoms with Crippen LogP contribution in [0.2, 0.25) is 0 Å². The second-order valence-electron chi connectivity index (χ2n) is 6.01. The van der Waals surface area contributed by atoms with Crippen LogP contribution in [0.4, 0.5) is 0 Å². The SMILES string of the molecule is COc1cc(/C(C)=N/NC(=O)c2ccncc2)ccc1OCc1ccccc1. The normalized spacial score (nSPS) is 11.0. The Morgan fingerprint density at radius 2 is 1.75 bits per heavy atom. The summed E-state index contributed by atoms with van der Waals surface area (Å²) in [5.74, 6) is 0.948. The molecule has 2 aromatic carbocycles. The molecule has 0 bridgehead atoms. The standard InChI is InChI=1S/C22H21N3O3/c1-16(24-25-22(26)18-10-12-23-13-11-18)19-8-9-20(21(14-19)27-2)28-15-17-6-4-3-5-7-17/h3-14H,15H2,1-2H3,(H,25,26)/b24-16+. The largest absolute Gasteiger partial charge is 0.493 e. The fourth-order valence-electron chi connectivity index (χ4n) is 2.51. The van der Waals surface area contributed by atoms with Gasteiger partial charge in [0.1, 0.15) is 6.61 Å². The number of rotatable bonds is 7. The molecule has 6 heteroatoms. The van der Waals surface area contributed by atoms with Gasteiger partial charge < -0.3 is 9.47 Å². The van der Waals surface area contributed by atoms with Gasteiger partial charge in [0.2, 0.25) is 0 Å². The van der Waals surface area contributed by atoms with Crippen molar-refractivity contribution in [3.05, 3.63) is 89.7 Å². The zero-order valence-electron chi connectivity index (χ0n) is 15.8. The number of hydrogen-bond acceptors (Lipinski definition) is 5. The third-order valence-electron chi connectivity index (χ3n) is 4.09. The average molecular weight is 375 g/mol. The monoisotopic (exact) mass is 375 g/mol. The van der Waals surface area contributed by atoms with Gasteiger partial charge in [-0.1, -0.05) is 30.3 Å². The molecule has 0 aliphatic heterocycles. The highest BCUT2D eigenvalue weighted by Crippen LogP contribution is 2.29. The number of hydrazone groups is 1. The van der Waals surface area contributed by atoms with Crippen LogP contribution in [0.1, 0.15) is 28.4 Å². The van der Waals surface area contributed by atoms with E-state index >= 15 is 0 Å². The van der Waals surface area contributed by atoms with Crippen molar-refractivity contribution in [2.24, 2.45) is 5.10 Å². The fraction of sp³-hybridized carbons (Fsp3) is 0.136. The van der Waals surface area contributed by atoms with Gasteiger partial charge in [0.25, 0.3) is 5.91 Å². The van der Waals surface area contributed by atoms with Gasteiger partial charge in [0, 0.05) is 23.5 Å². The Morgan fingerprint density at radius 1 is 1.00 bits per heavy atom. The van der Waals surface area contributed by atoms with Crippen molar-refractivity contribution >= 4 is 11.6 Å². The Hall–Kier alpha value is -3.67. The number of carbonyl (C=O) groups excluding carboxylic acids is 1. The molecule has 0 atom stereocenters. The molecular weight excluding hydrogens is 354 g/mol. The molecular formula is C22H21N3O3. The molecule has 0 aliphatic carbocycles. The van der Waals surface area contributed by atoms with E-state index in [0.717, 1.165) is 11.1 Å². The highest BCUT2D eigenvalue weighted by Gasteiger charge is 2.09. The van der Waals surface area contributed by atoms with Crippen molar-refractivity contribution in [3.8, 4) is 11.5 Å². The first kappa shape index (κ1) is 19.1. The van der Waals surface area contributed by atoms with Gasteiger partial charge in [-0.15, -0.1) is 0 Å². The van der Waals surface area contributed by atoms with E-state index in [-0.39, 0.29) is 5.91 Å². The molecule has 3 aromatic rings. The lowest BCUT2D eigenvalue weighted by atomic mass is 10.1. The molecule has 1 aromatic heterocycles. The van der Waals surface area contributed by atoms with Gasteiger partial charge in [-0.05, 0) is 42.8 Å². The molecule has 0 spiro atoms. The Labute approximate surface area is 163 Å². The number of hydrogen-bond donors (Lipinski definition) is 1. The van der Waals surface area contributed by atoms with Crippen LogP contribution in [-0.4, -0.2) is 23.7 Å². The maximum atomic E-state index is 12.1. The van der Waals surface area contributed by atoms with Crippen molar-refractivity contribution in [3.63, 3.8) is 0 Å². The topological polar surface area (TPSA) is 72.8 Å². The molecule has 6 nitrogen and oxygen atoms in total. The molecule has 1 N–H and O–H groups in total. The molecule has 1 heterocycles. The summed E-state index contributed by atoms with van der Waals surface area (Å²) >= 11 is 0. The van der Waals surface area contributed by atoms with E-state index in [0.29, 0.717) is 29.4 Å². The number of carbonyl (C=O) groups is 1. The minimum absolute atomic E-state index is 0.295. The molecule has 0 unspecified atom stereocenters. The van der Waals surface area contributed by atoms with E-state index in [1.165, 1.54) is 0 Å². The third kappa shape index (κ3) is 4.94. The van der Waals surface area contributed by atoms with Crippen LogP contribution in [0.15, 0.2) is 78.2 Å². The number of benzene rings is 2. The number of pyridine rings is 1. The zero-order valence-corrected chi connectivity index (χ0v) is 15.8. The lowest BCUT2D eigenvalue weighted by Gasteiger charge is -2.12. The first-order valence-corrected chi connectivity index (χ1v) is 8.77. The smallest absolute Gasteiger partial charge is 0.271 e. The molecule has 0 radical (unpaired) electrons. The fourth-order valence-corrected chi connectivity index (χ4v) is 2.51. The summed E-state index contributed by atoms with van der Waals surface area (Å²) in [4.78, 5) is 16.0. The van der Waals surface area contributed by atoms with Crippen LogP contribution < -0.4 is 14.9 Å². The number of amides is 1. The predicted octanol–water partition coefficient (Wildman–Crippen LogP) is 3.82. The number of methoxy groups -OCH3 is 1. The molecule has 0 aliphatic rings. The highest BCUT2D eigenvalue weighted by atomic mass is 16.5. The summed E-state index contributed by atoms with van der Waals surface area (Å²) in [6.07, 6.45) is 3.12. The Bertz CT molecular complexity index is 957. The first-order valence-electron chi connectivity index (χ1n) is 8.77. The quantitative estimate of drug-likeness (QED) is 0.503. The summed E-state index contributed by atoms with van der Waals surface area (Å²) in [7, 11) is 1.59. The van der Waals surface area contributed by atoms with Crippen LogP contribution >= 0.6 is 0 Å². The minimum Gasteiger partial charge on any atom is -0.493 e. The molecule has 142 valence electrons. The number of aromatic nitrogens is 1. The van der Waals surface area contributed by atoms with Crippen molar-refractivity contribution in [2.75, 3.05) is 7.11 Å². The number of ether oxygens (including phenoxy) is 2. The molecule has 1 amide bonds. The second-order valence-corrected chi connectivity index (χ2v) is 6.01. The van der Waals surface area contributed by atoms with Gasteiger partial charge in [0.05, 0.1) is 12.8 Å². The lowest BCUT2D eigenvalue weighted by molar-refractivity contribution is 0.0954. The molecule has 0 saturated heterocycles. The van der Waals surface area contributed by atoms with Crippen LogP contribution in [0, 0.1) is 0 Å². The summed E-state index contributed by atoms with van der Waals surface area (Å²) in [5.41, 5.74) is 5.58. The Balaban J connectivity index is 1.69. The summed E-state index contributed by atoms with van der Waals surface area (Å²) < 4.78 is 11.3. The predicted molar refractivity (Wildman–Crippen MR) is 108 cm³/mol. The maximum Gasteiger partial charge on any atom is 0.271 e. The average Bonchev–Trinajstić information content (AvgIpc) is 2.77. The maximum absolute atomic E-state index is 12.1. The number of nitrogens with zero attached hydrogens (tertiary/aromatic N) is 2. The van der Waals surface area contributed by atoms with Gasteiger partial charge in [-0.25, -0.2) is 5.43 Å². The summed E-state index contributed by atoms with van der Waals surface area (Å²) in [6.45, 7) is 2.26. The van der Waals surface area contributed by atoms with E-state index in [4.69, 9.17) is 9.47 Å². The molecule has 3 rings (SSSR count). The molecule has 0 saturated carbocycles. The van der Waals surface area contributed by atoms with Crippen molar-refractivity contribution in [2.45, 2.75) is 13.5 Å². The Morgan fingerprint density at radius 3 is 2.46 bits per heavy atom. The van der Waals surface area contributed by atoms with Crippen molar-refractivity contribution in [1.82, 2.24) is 10.4 Å². The number of nitrogens with one attached hydrogen (secondary N) is 1. The van der Waals surface area contributed by atoms with Crippen LogP contribution in [0.5, 0.6) is 11.5 Å². The van der Waals surface area contributed by atoms with Gasteiger partial charge >= 0.3 is 0 Å². The van der Waals surface area contributed by atoms with Crippen molar-refractivity contribution < 1.29 is 14.3 Å². The van der Waals surface area contributed by atoms with Crippen molar-refractivity contribution in [1.29, 1.82) is 0 Å². The Kier molecular flexibility index (Phi) is 6.36. The van der Waals surface area contributed by atoms with E-state index in [9.17, 15) is 4.79 Å². The summed E-state index contributed by atoms with van der Waals surface area (Å²) in [5, 5.41) is 4.17. The lowest BCUT2D eigenvalue weighted by Crippen LogP contribution is -2.19. The van der Waals surface area contributed by atoms with E-state index in [1.807, 2.05) is 55.5 Å². The third-order valence-corrected chi connectivity index (χ3v) is 4.09. The zero-order chi connectivity index (χ0) is 19.8. The van der Waals surface area contributed by atoms with Gasteiger partial charge in [-0.3, -0.25) is 9.78 Å². The van der Waals surface area contributed by atoms with E-state index in [2.05, 4.69) is 15.5 Å².